The number of aromatic nitrogens is 1. The fourth-order valence-corrected chi connectivity index (χ4v) is 1.58. The van der Waals surface area contributed by atoms with E-state index in [-0.39, 0.29) is 5.91 Å². The van der Waals surface area contributed by atoms with Gasteiger partial charge in [0, 0.05) is 18.8 Å². The third kappa shape index (κ3) is 3.33. The lowest BCUT2D eigenvalue weighted by Gasteiger charge is -2.20. The Hall–Kier alpha value is -1.38. The van der Waals surface area contributed by atoms with Crippen molar-refractivity contribution < 1.29 is 4.79 Å². The zero-order valence-electron chi connectivity index (χ0n) is 10.4. The third-order valence-corrected chi connectivity index (χ3v) is 2.56. The number of hydrogen-bond acceptors (Lipinski definition) is 2. The van der Waals surface area contributed by atoms with Crippen LogP contribution in [-0.4, -0.2) is 28.9 Å². The van der Waals surface area contributed by atoms with E-state index in [0.29, 0.717) is 5.69 Å². The molecule has 0 saturated heterocycles. The van der Waals surface area contributed by atoms with Crippen molar-refractivity contribution in [2.75, 3.05) is 13.1 Å². The molecule has 3 nitrogen and oxygen atoms in total. The Morgan fingerprint density at radius 1 is 1.38 bits per heavy atom. The number of rotatable bonds is 5. The minimum Gasteiger partial charge on any atom is -0.338 e. The van der Waals surface area contributed by atoms with Crippen molar-refractivity contribution in [3.05, 3.63) is 29.6 Å². The van der Waals surface area contributed by atoms with Crippen molar-refractivity contribution in [2.24, 2.45) is 0 Å². The smallest absolute Gasteiger partial charge is 0.272 e. The van der Waals surface area contributed by atoms with E-state index in [0.717, 1.165) is 31.6 Å². The molecule has 1 rings (SSSR count). The number of unbranched alkanes of at least 4 members (excludes halogenated alkanes) is 1. The molecule has 3 heteroatoms. The molecule has 0 atom stereocenters. The van der Waals surface area contributed by atoms with Crippen LogP contribution in [0.1, 0.15) is 42.9 Å². The van der Waals surface area contributed by atoms with Gasteiger partial charge in [0.2, 0.25) is 0 Å². The maximum absolute atomic E-state index is 12.1. The maximum atomic E-state index is 12.1. The number of pyridine rings is 1. The van der Waals surface area contributed by atoms with Crippen LogP contribution in [0.5, 0.6) is 0 Å². The van der Waals surface area contributed by atoms with E-state index in [4.69, 9.17) is 0 Å². The van der Waals surface area contributed by atoms with E-state index < -0.39 is 0 Å². The summed E-state index contributed by atoms with van der Waals surface area (Å²) < 4.78 is 0. The van der Waals surface area contributed by atoms with Crippen LogP contribution in [-0.2, 0) is 0 Å². The summed E-state index contributed by atoms with van der Waals surface area (Å²) in [5.74, 6) is 0.0413. The molecular weight excluding hydrogens is 200 g/mol. The van der Waals surface area contributed by atoms with Crippen molar-refractivity contribution in [3.8, 4) is 0 Å². The second-order valence-electron chi connectivity index (χ2n) is 3.90. The second kappa shape index (κ2) is 6.26. The molecule has 0 aromatic carbocycles. The first kappa shape index (κ1) is 12.7. The molecule has 1 heterocycles. The highest BCUT2D eigenvalue weighted by atomic mass is 16.2. The van der Waals surface area contributed by atoms with Gasteiger partial charge in [-0.2, -0.15) is 0 Å². The molecule has 1 amide bonds. The number of carbonyl (C=O) groups excluding carboxylic acids is 1. The minimum absolute atomic E-state index is 0.0413. The van der Waals surface area contributed by atoms with E-state index in [1.54, 1.807) is 6.07 Å². The molecule has 1 aromatic rings. The first-order valence-corrected chi connectivity index (χ1v) is 5.92. The zero-order valence-corrected chi connectivity index (χ0v) is 10.4. The number of aryl methyl sites for hydroxylation is 1. The summed E-state index contributed by atoms with van der Waals surface area (Å²) >= 11 is 0. The van der Waals surface area contributed by atoms with Gasteiger partial charge in [-0.05, 0) is 32.4 Å². The van der Waals surface area contributed by atoms with Crippen molar-refractivity contribution in [2.45, 2.75) is 33.6 Å². The topological polar surface area (TPSA) is 33.2 Å². The lowest BCUT2D eigenvalue weighted by atomic mass is 10.2. The first-order valence-electron chi connectivity index (χ1n) is 5.92. The van der Waals surface area contributed by atoms with Crippen LogP contribution in [0, 0.1) is 6.92 Å². The predicted octanol–water partition coefficient (Wildman–Crippen LogP) is 2.65. The predicted molar refractivity (Wildman–Crippen MR) is 65.5 cm³/mol. The van der Waals surface area contributed by atoms with E-state index in [9.17, 15) is 4.79 Å². The van der Waals surface area contributed by atoms with Gasteiger partial charge in [-0.15, -0.1) is 0 Å². The first-order chi connectivity index (χ1) is 7.69. The zero-order chi connectivity index (χ0) is 12.0. The van der Waals surface area contributed by atoms with Gasteiger partial charge in [-0.3, -0.25) is 4.79 Å². The number of amides is 1. The summed E-state index contributed by atoms with van der Waals surface area (Å²) in [7, 11) is 0. The van der Waals surface area contributed by atoms with Crippen molar-refractivity contribution in [1.29, 1.82) is 0 Å². The Labute approximate surface area is 97.5 Å². The SMILES string of the molecule is CCCCN(CC)C(=O)c1cccc(C)n1. The molecule has 0 fully saturated rings. The van der Waals surface area contributed by atoms with E-state index >= 15 is 0 Å². The second-order valence-corrected chi connectivity index (χ2v) is 3.90. The molecule has 0 aliphatic rings. The van der Waals surface area contributed by atoms with Crippen LogP contribution < -0.4 is 0 Å². The van der Waals surface area contributed by atoms with Gasteiger partial charge in [0.15, 0.2) is 0 Å². The van der Waals surface area contributed by atoms with Crippen LogP contribution in [0.3, 0.4) is 0 Å². The highest BCUT2D eigenvalue weighted by Crippen LogP contribution is 2.05. The monoisotopic (exact) mass is 220 g/mol. The Kier molecular flexibility index (Phi) is 4.96. The summed E-state index contributed by atoms with van der Waals surface area (Å²) in [6.07, 6.45) is 2.15. The van der Waals surface area contributed by atoms with Crippen molar-refractivity contribution in [3.63, 3.8) is 0 Å². The molecular formula is C13H20N2O. The molecule has 0 bridgehead atoms. The van der Waals surface area contributed by atoms with Gasteiger partial charge < -0.3 is 4.90 Å². The molecule has 88 valence electrons. The molecule has 0 aliphatic heterocycles. The molecule has 0 spiro atoms. The van der Waals surface area contributed by atoms with E-state index in [1.165, 1.54) is 0 Å². The van der Waals surface area contributed by atoms with Crippen LogP contribution in [0.4, 0.5) is 0 Å². The fraction of sp³-hybridized carbons (Fsp3) is 0.538. The quantitative estimate of drug-likeness (QED) is 0.764. The third-order valence-electron chi connectivity index (χ3n) is 2.56. The van der Waals surface area contributed by atoms with Gasteiger partial charge >= 0.3 is 0 Å². The Morgan fingerprint density at radius 3 is 2.69 bits per heavy atom. The standard InChI is InChI=1S/C13H20N2O/c1-4-6-10-15(5-2)13(16)12-9-7-8-11(3)14-12/h7-9H,4-6,10H2,1-3H3. The van der Waals surface area contributed by atoms with Gasteiger partial charge in [0.1, 0.15) is 5.69 Å². The summed E-state index contributed by atoms with van der Waals surface area (Å²) in [4.78, 5) is 18.2. The Balaban J connectivity index is 2.74. The lowest BCUT2D eigenvalue weighted by molar-refractivity contribution is 0.0756. The van der Waals surface area contributed by atoms with Crippen molar-refractivity contribution in [1.82, 2.24) is 9.88 Å². The normalized spacial score (nSPS) is 10.2. The Bertz CT molecular complexity index is 350. The summed E-state index contributed by atoms with van der Waals surface area (Å²) in [5.41, 5.74) is 1.44. The highest BCUT2D eigenvalue weighted by Gasteiger charge is 2.14. The number of hydrogen-bond donors (Lipinski definition) is 0. The summed E-state index contributed by atoms with van der Waals surface area (Å²) in [6.45, 7) is 7.60. The van der Waals surface area contributed by atoms with Gasteiger partial charge in [-0.25, -0.2) is 4.98 Å². The average Bonchev–Trinajstić information content (AvgIpc) is 2.29. The van der Waals surface area contributed by atoms with E-state index in [1.807, 2.05) is 30.9 Å². The van der Waals surface area contributed by atoms with Gasteiger partial charge in [-0.1, -0.05) is 19.4 Å². The number of carbonyl (C=O) groups is 1. The van der Waals surface area contributed by atoms with Gasteiger partial charge in [0.05, 0.1) is 0 Å². The Morgan fingerprint density at radius 2 is 2.12 bits per heavy atom. The molecule has 0 aliphatic carbocycles. The molecule has 0 radical (unpaired) electrons. The average molecular weight is 220 g/mol. The van der Waals surface area contributed by atoms with Crippen LogP contribution in [0.25, 0.3) is 0 Å². The molecule has 0 unspecified atom stereocenters. The fourth-order valence-electron chi connectivity index (χ4n) is 1.58. The molecule has 0 N–H and O–H groups in total. The van der Waals surface area contributed by atoms with E-state index in [2.05, 4.69) is 11.9 Å². The number of nitrogens with zero attached hydrogens (tertiary/aromatic N) is 2. The maximum Gasteiger partial charge on any atom is 0.272 e. The molecule has 0 saturated carbocycles. The van der Waals surface area contributed by atoms with Gasteiger partial charge in [0.25, 0.3) is 5.91 Å². The summed E-state index contributed by atoms with van der Waals surface area (Å²) in [6, 6.07) is 5.56. The van der Waals surface area contributed by atoms with Crippen molar-refractivity contribution >= 4 is 5.91 Å². The molecule has 1 aromatic heterocycles. The largest absolute Gasteiger partial charge is 0.338 e. The lowest BCUT2D eigenvalue weighted by Crippen LogP contribution is -2.32. The van der Waals surface area contributed by atoms with Crippen LogP contribution in [0.15, 0.2) is 18.2 Å². The summed E-state index contributed by atoms with van der Waals surface area (Å²) in [5, 5.41) is 0. The molecule has 16 heavy (non-hydrogen) atoms. The van der Waals surface area contributed by atoms with Crippen LogP contribution in [0.2, 0.25) is 0 Å². The highest BCUT2D eigenvalue weighted by molar-refractivity contribution is 5.92. The minimum atomic E-state index is 0.0413. The van der Waals surface area contributed by atoms with Crippen LogP contribution >= 0.6 is 0 Å².